The van der Waals surface area contributed by atoms with E-state index in [0.29, 0.717) is 11.1 Å². The molecule has 118 valence electrons. The minimum absolute atomic E-state index is 0.602. The number of alkyl halides is 3. The number of aromatic amines is 1. The molecule has 0 aliphatic carbocycles. The normalized spacial score (nSPS) is 13.2. The maximum atomic E-state index is 12.7. The summed E-state index contributed by atoms with van der Waals surface area (Å²) in [5.74, 6) is -2.35. The van der Waals surface area contributed by atoms with Crippen molar-refractivity contribution in [1.29, 1.82) is 0 Å². The van der Waals surface area contributed by atoms with Crippen molar-refractivity contribution in [3.63, 3.8) is 0 Å². The topological polar surface area (TPSA) is 32.9 Å². The fraction of sp³-hybridized carbons (Fsp3) is 0.167. The second-order valence-corrected chi connectivity index (χ2v) is 5.38. The summed E-state index contributed by atoms with van der Waals surface area (Å²) in [6, 6.07) is 16.2. The summed E-state index contributed by atoms with van der Waals surface area (Å²) < 4.78 is 38.2. The highest BCUT2D eigenvalue weighted by atomic mass is 19.4. The second-order valence-electron chi connectivity index (χ2n) is 5.38. The highest BCUT2D eigenvalue weighted by molar-refractivity contribution is 5.88. The van der Waals surface area contributed by atoms with E-state index in [1.807, 2.05) is 24.3 Å². The zero-order chi connectivity index (χ0) is 16.4. The van der Waals surface area contributed by atoms with Gasteiger partial charge < -0.3 is 4.98 Å². The van der Waals surface area contributed by atoms with Crippen molar-refractivity contribution in [3.8, 4) is 0 Å². The Morgan fingerprint density at radius 2 is 1.65 bits per heavy atom. The highest BCUT2D eigenvalue weighted by Gasteiger charge is 2.40. The molecule has 0 bridgehead atoms. The van der Waals surface area contributed by atoms with Crippen molar-refractivity contribution < 1.29 is 18.0 Å². The molecule has 23 heavy (non-hydrogen) atoms. The largest absolute Gasteiger partial charge is 0.450 e. The number of benzene rings is 2. The summed E-state index contributed by atoms with van der Waals surface area (Å²) in [5, 5.41) is 0.830. The Morgan fingerprint density at radius 1 is 1.00 bits per heavy atom. The number of Topliss-reactive ketones (excluding diaryl/α,β-unsaturated/α-hetero) is 1. The van der Waals surface area contributed by atoms with Crippen molar-refractivity contribution in [3.05, 3.63) is 71.9 Å². The fourth-order valence-electron chi connectivity index (χ4n) is 2.78. The summed E-state index contributed by atoms with van der Waals surface area (Å²) in [6.07, 6.45) is -3.74. The van der Waals surface area contributed by atoms with E-state index in [1.165, 1.54) is 0 Å². The van der Waals surface area contributed by atoms with Gasteiger partial charge in [-0.2, -0.15) is 13.2 Å². The Hall–Kier alpha value is -2.56. The molecule has 5 heteroatoms. The molecule has 0 saturated heterocycles. The summed E-state index contributed by atoms with van der Waals surface area (Å²) in [4.78, 5) is 14.6. The van der Waals surface area contributed by atoms with Crippen LogP contribution in [0.2, 0.25) is 0 Å². The van der Waals surface area contributed by atoms with Gasteiger partial charge in [0.1, 0.15) is 0 Å². The third-order valence-corrected chi connectivity index (χ3v) is 3.90. The zero-order valence-electron chi connectivity index (χ0n) is 12.1. The Morgan fingerprint density at radius 3 is 2.35 bits per heavy atom. The molecule has 0 fully saturated rings. The Kier molecular flexibility index (Phi) is 3.94. The molecule has 2 aromatic carbocycles. The van der Waals surface area contributed by atoms with Gasteiger partial charge in [-0.05, 0) is 17.2 Å². The molecular formula is C18H14F3NO. The van der Waals surface area contributed by atoms with Crippen LogP contribution in [-0.4, -0.2) is 16.9 Å². The van der Waals surface area contributed by atoms with Gasteiger partial charge in [0.25, 0.3) is 0 Å². The number of rotatable bonds is 4. The van der Waals surface area contributed by atoms with Gasteiger partial charge in [-0.15, -0.1) is 0 Å². The monoisotopic (exact) mass is 317 g/mol. The summed E-state index contributed by atoms with van der Waals surface area (Å²) in [7, 11) is 0. The third-order valence-electron chi connectivity index (χ3n) is 3.90. The van der Waals surface area contributed by atoms with E-state index in [-0.39, 0.29) is 0 Å². The van der Waals surface area contributed by atoms with Crippen LogP contribution in [0.1, 0.15) is 23.5 Å². The molecule has 1 unspecified atom stereocenters. The number of nitrogens with one attached hydrogen (secondary N) is 1. The quantitative estimate of drug-likeness (QED) is 0.735. The van der Waals surface area contributed by atoms with Crippen LogP contribution in [0.25, 0.3) is 10.9 Å². The van der Waals surface area contributed by atoms with Crippen molar-refractivity contribution in [1.82, 2.24) is 4.98 Å². The summed E-state index contributed by atoms with van der Waals surface area (Å²) >= 11 is 0. The second kappa shape index (κ2) is 5.91. The lowest BCUT2D eigenvalue weighted by atomic mass is 9.87. The maximum Gasteiger partial charge on any atom is 0.450 e. The standard InChI is InChI=1S/C18H14F3NO/c19-18(20,21)17(23)10-14(12-6-2-1-3-7-12)15-11-22-16-9-5-4-8-13(15)16/h1-9,11,14,22H,10H2. The van der Waals surface area contributed by atoms with E-state index in [2.05, 4.69) is 4.98 Å². The van der Waals surface area contributed by atoms with Gasteiger partial charge in [0.15, 0.2) is 0 Å². The number of ketones is 1. The lowest BCUT2D eigenvalue weighted by Crippen LogP contribution is -2.25. The van der Waals surface area contributed by atoms with Crippen LogP contribution in [0.4, 0.5) is 13.2 Å². The number of hydrogen-bond acceptors (Lipinski definition) is 1. The van der Waals surface area contributed by atoms with Crippen molar-refractivity contribution in [2.24, 2.45) is 0 Å². The maximum absolute atomic E-state index is 12.7. The average Bonchev–Trinajstić information content (AvgIpc) is 2.96. The van der Waals surface area contributed by atoms with Crippen LogP contribution in [0.3, 0.4) is 0 Å². The van der Waals surface area contributed by atoms with E-state index in [4.69, 9.17) is 0 Å². The molecule has 1 heterocycles. The fourth-order valence-corrected chi connectivity index (χ4v) is 2.78. The van der Waals surface area contributed by atoms with Gasteiger partial charge in [-0.1, -0.05) is 48.5 Å². The molecule has 0 amide bonds. The van der Waals surface area contributed by atoms with E-state index >= 15 is 0 Å². The van der Waals surface area contributed by atoms with E-state index in [1.54, 1.807) is 36.5 Å². The van der Waals surface area contributed by atoms with Crippen LogP contribution in [0.5, 0.6) is 0 Å². The van der Waals surface area contributed by atoms with Gasteiger partial charge in [0.2, 0.25) is 5.78 Å². The number of halogens is 3. The van der Waals surface area contributed by atoms with Crippen LogP contribution in [-0.2, 0) is 4.79 Å². The minimum Gasteiger partial charge on any atom is -0.361 e. The summed E-state index contributed by atoms with van der Waals surface area (Å²) in [6.45, 7) is 0. The number of hydrogen-bond donors (Lipinski definition) is 1. The van der Waals surface area contributed by atoms with Crippen molar-refractivity contribution >= 4 is 16.7 Å². The van der Waals surface area contributed by atoms with Crippen molar-refractivity contribution in [2.75, 3.05) is 0 Å². The predicted molar refractivity (Wildman–Crippen MR) is 82.3 cm³/mol. The zero-order valence-corrected chi connectivity index (χ0v) is 12.1. The Balaban J connectivity index is 2.07. The number of carbonyl (C=O) groups is 1. The molecule has 0 saturated carbocycles. The van der Waals surface area contributed by atoms with Crippen LogP contribution in [0.15, 0.2) is 60.8 Å². The van der Waals surface area contributed by atoms with Gasteiger partial charge in [-0.25, -0.2) is 0 Å². The number of H-pyrrole nitrogens is 1. The highest BCUT2D eigenvalue weighted by Crippen LogP contribution is 2.35. The van der Waals surface area contributed by atoms with Gasteiger partial charge >= 0.3 is 6.18 Å². The molecule has 3 aromatic rings. The molecule has 0 aliphatic heterocycles. The third kappa shape index (κ3) is 3.13. The molecule has 1 atom stereocenters. The lowest BCUT2D eigenvalue weighted by Gasteiger charge is -2.17. The molecule has 1 aromatic heterocycles. The average molecular weight is 317 g/mol. The molecule has 0 spiro atoms. The number of para-hydroxylation sites is 1. The molecule has 1 N–H and O–H groups in total. The van der Waals surface area contributed by atoms with Gasteiger partial charge in [-0.3, -0.25) is 4.79 Å². The first-order chi connectivity index (χ1) is 11.0. The van der Waals surface area contributed by atoms with Crippen LogP contribution < -0.4 is 0 Å². The number of fused-ring (bicyclic) bond motifs is 1. The Labute approximate surface area is 130 Å². The molecule has 2 nitrogen and oxygen atoms in total. The predicted octanol–water partition coefficient (Wildman–Crippen LogP) is 4.82. The van der Waals surface area contributed by atoms with Crippen molar-refractivity contribution in [2.45, 2.75) is 18.5 Å². The lowest BCUT2D eigenvalue weighted by molar-refractivity contribution is -0.171. The van der Waals surface area contributed by atoms with Crippen LogP contribution in [0, 0.1) is 0 Å². The summed E-state index contributed by atoms with van der Waals surface area (Å²) in [5.41, 5.74) is 2.22. The molecule has 0 radical (unpaired) electrons. The molecular weight excluding hydrogens is 303 g/mol. The first-order valence-corrected chi connectivity index (χ1v) is 7.18. The number of carbonyl (C=O) groups excluding carboxylic acids is 1. The first-order valence-electron chi connectivity index (χ1n) is 7.18. The van der Waals surface area contributed by atoms with E-state index < -0.39 is 24.3 Å². The minimum atomic E-state index is -4.82. The SMILES string of the molecule is O=C(CC(c1ccccc1)c1c[nH]c2ccccc12)C(F)(F)F. The molecule has 3 rings (SSSR count). The molecule has 0 aliphatic rings. The first kappa shape index (κ1) is 15.3. The number of aromatic nitrogens is 1. The smallest absolute Gasteiger partial charge is 0.361 e. The van der Waals surface area contributed by atoms with E-state index in [0.717, 1.165) is 10.9 Å². The van der Waals surface area contributed by atoms with Crippen LogP contribution >= 0.6 is 0 Å². The van der Waals surface area contributed by atoms with E-state index in [9.17, 15) is 18.0 Å². The van der Waals surface area contributed by atoms with Gasteiger partial charge in [0.05, 0.1) is 0 Å². The Bertz CT molecular complexity index is 821. The van der Waals surface area contributed by atoms with Gasteiger partial charge in [0, 0.05) is 29.4 Å².